The standard InChI is InChI=1S/C12H16ClN3O2/c1-15(12(17)18)11-4-2-3-7-16(11)9-5-6-10(13)14-8-9/h5-6,8,11H,2-4,7H2,1H3,(H,17,18). The molecule has 1 unspecified atom stereocenters. The Morgan fingerprint density at radius 1 is 1.56 bits per heavy atom. The molecule has 1 N–H and O–H groups in total. The molecule has 18 heavy (non-hydrogen) atoms. The molecule has 0 aliphatic carbocycles. The van der Waals surface area contributed by atoms with Gasteiger partial charge in [0.25, 0.3) is 0 Å². The van der Waals surface area contributed by atoms with Gasteiger partial charge in [0.2, 0.25) is 0 Å². The summed E-state index contributed by atoms with van der Waals surface area (Å²) in [4.78, 5) is 18.6. The lowest BCUT2D eigenvalue weighted by Gasteiger charge is -2.41. The highest BCUT2D eigenvalue weighted by atomic mass is 35.5. The largest absolute Gasteiger partial charge is 0.465 e. The summed E-state index contributed by atoms with van der Waals surface area (Å²) in [5.41, 5.74) is 0.914. The van der Waals surface area contributed by atoms with Crippen LogP contribution in [0.2, 0.25) is 5.15 Å². The van der Waals surface area contributed by atoms with E-state index in [1.54, 1.807) is 19.3 Å². The minimum Gasteiger partial charge on any atom is -0.465 e. The van der Waals surface area contributed by atoms with E-state index < -0.39 is 6.09 Å². The average Bonchev–Trinajstić information content (AvgIpc) is 2.39. The predicted molar refractivity (Wildman–Crippen MR) is 70.0 cm³/mol. The van der Waals surface area contributed by atoms with Gasteiger partial charge >= 0.3 is 6.09 Å². The van der Waals surface area contributed by atoms with Crippen LogP contribution >= 0.6 is 11.6 Å². The van der Waals surface area contributed by atoms with Gasteiger partial charge in [-0.2, -0.15) is 0 Å². The minimum atomic E-state index is -0.908. The maximum atomic E-state index is 11.1. The zero-order valence-corrected chi connectivity index (χ0v) is 11.0. The summed E-state index contributed by atoms with van der Waals surface area (Å²) in [5, 5.41) is 9.55. The third-order valence-electron chi connectivity index (χ3n) is 3.26. The number of nitrogens with zero attached hydrogens (tertiary/aromatic N) is 3. The number of piperidine rings is 1. The van der Waals surface area contributed by atoms with E-state index in [9.17, 15) is 4.79 Å². The molecule has 1 aliphatic rings. The fraction of sp³-hybridized carbons (Fsp3) is 0.500. The Kier molecular flexibility index (Phi) is 3.91. The first-order chi connectivity index (χ1) is 8.59. The number of amides is 1. The second-order valence-corrected chi connectivity index (χ2v) is 4.79. The Morgan fingerprint density at radius 3 is 2.94 bits per heavy atom. The molecule has 98 valence electrons. The second kappa shape index (κ2) is 5.44. The molecular formula is C12H16ClN3O2. The molecular weight excluding hydrogens is 254 g/mol. The highest BCUT2D eigenvalue weighted by Gasteiger charge is 2.28. The molecule has 6 heteroatoms. The number of aromatic nitrogens is 1. The van der Waals surface area contributed by atoms with E-state index in [2.05, 4.69) is 9.88 Å². The zero-order chi connectivity index (χ0) is 13.1. The number of pyridine rings is 1. The maximum absolute atomic E-state index is 11.1. The fourth-order valence-electron chi connectivity index (χ4n) is 2.28. The zero-order valence-electron chi connectivity index (χ0n) is 10.2. The van der Waals surface area contributed by atoms with Gasteiger partial charge in [0.1, 0.15) is 11.3 Å². The van der Waals surface area contributed by atoms with E-state index >= 15 is 0 Å². The first-order valence-electron chi connectivity index (χ1n) is 5.93. The number of rotatable bonds is 2. The quantitative estimate of drug-likeness (QED) is 0.839. The molecule has 1 amide bonds. The number of carbonyl (C=O) groups is 1. The molecule has 1 fully saturated rings. The first-order valence-corrected chi connectivity index (χ1v) is 6.31. The van der Waals surface area contributed by atoms with Crippen LogP contribution in [0.5, 0.6) is 0 Å². The molecule has 0 radical (unpaired) electrons. The van der Waals surface area contributed by atoms with Crippen molar-refractivity contribution in [2.24, 2.45) is 0 Å². The Balaban J connectivity index is 2.22. The molecule has 1 aromatic rings. The van der Waals surface area contributed by atoms with E-state index in [1.807, 2.05) is 6.07 Å². The molecule has 0 bridgehead atoms. The Morgan fingerprint density at radius 2 is 2.33 bits per heavy atom. The molecule has 1 aromatic heterocycles. The van der Waals surface area contributed by atoms with Gasteiger partial charge in [0, 0.05) is 13.6 Å². The smallest absolute Gasteiger partial charge is 0.408 e. The fourth-order valence-corrected chi connectivity index (χ4v) is 2.39. The molecule has 1 aliphatic heterocycles. The lowest BCUT2D eigenvalue weighted by atomic mass is 10.1. The first kappa shape index (κ1) is 13.0. The molecule has 5 nitrogen and oxygen atoms in total. The van der Waals surface area contributed by atoms with Crippen molar-refractivity contribution >= 4 is 23.4 Å². The third kappa shape index (κ3) is 2.67. The van der Waals surface area contributed by atoms with Crippen molar-refractivity contribution in [3.8, 4) is 0 Å². The number of hydrogen-bond acceptors (Lipinski definition) is 3. The van der Waals surface area contributed by atoms with Gasteiger partial charge in [0.05, 0.1) is 11.9 Å². The minimum absolute atomic E-state index is 0.126. The van der Waals surface area contributed by atoms with E-state index in [1.165, 1.54) is 4.90 Å². The van der Waals surface area contributed by atoms with Gasteiger partial charge in [0.15, 0.2) is 0 Å². The Bertz CT molecular complexity index is 424. The van der Waals surface area contributed by atoms with E-state index in [0.717, 1.165) is 31.5 Å². The highest BCUT2D eigenvalue weighted by molar-refractivity contribution is 6.29. The van der Waals surface area contributed by atoms with Gasteiger partial charge in [-0.05, 0) is 31.4 Å². The molecule has 0 aromatic carbocycles. The van der Waals surface area contributed by atoms with Crippen LogP contribution in [0, 0.1) is 0 Å². The van der Waals surface area contributed by atoms with Crippen molar-refractivity contribution in [2.45, 2.75) is 25.4 Å². The summed E-state index contributed by atoms with van der Waals surface area (Å²) in [7, 11) is 1.61. The van der Waals surface area contributed by atoms with Crippen LogP contribution in [0.1, 0.15) is 19.3 Å². The van der Waals surface area contributed by atoms with Gasteiger partial charge in [-0.15, -0.1) is 0 Å². The van der Waals surface area contributed by atoms with Gasteiger partial charge < -0.3 is 10.0 Å². The lowest BCUT2D eigenvalue weighted by Crippen LogP contribution is -2.51. The monoisotopic (exact) mass is 269 g/mol. The predicted octanol–water partition coefficient (Wildman–Crippen LogP) is 2.66. The molecule has 0 saturated carbocycles. The number of carboxylic acid groups (broad SMARTS) is 1. The summed E-state index contributed by atoms with van der Waals surface area (Å²) >= 11 is 5.77. The van der Waals surface area contributed by atoms with Crippen molar-refractivity contribution in [1.29, 1.82) is 0 Å². The van der Waals surface area contributed by atoms with Crippen LogP contribution in [0.15, 0.2) is 18.3 Å². The second-order valence-electron chi connectivity index (χ2n) is 4.40. The summed E-state index contributed by atoms with van der Waals surface area (Å²) in [5.74, 6) is 0. The Labute approximate surface area is 111 Å². The van der Waals surface area contributed by atoms with Crippen LogP contribution in [0.4, 0.5) is 10.5 Å². The summed E-state index contributed by atoms with van der Waals surface area (Å²) < 4.78 is 0. The number of anilines is 1. The molecule has 1 atom stereocenters. The van der Waals surface area contributed by atoms with E-state index in [-0.39, 0.29) is 6.17 Å². The topological polar surface area (TPSA) is 56.7 Å². The number of halogens is 1. The summed E-state index contributed by atoms with van der Waals surface area (Å²) in [6, 6.07) is 3.60. The number of hydrogen-bond donors (Lipinski definition) is 1. The van der Waals surface area contributed by atoms with Gasteiger partial charge in [-0.25, -0.2) is 9.78 Å². The van der Waals surface area contributed by atoms with Crippen molar-refractivity contribution < 1.29 is 9.90 Å². The highest BCUT2D eigenvalue weighted by Crippen LogP contribution is 2.26. The van der Waals surface area contributed by atoms with Crippen molar-refractivity contribution in [3.63, 3.8) is 0 Å². The van der Waals surface area contributed by atoms with Crippen molar-refractivity contribution in [2.75, 3.05) is 18.5 Å². The SMILES string of the molecule is CN(C(=O)O)C1CCCCN1c1ccc(Cl)nc1. The van der Waals surface area contributed by atoms with Gasteiger partial charge in [-0.1, -0.05) is 11.6 Å². The third-order valence-corrected chi connectivity index (χ3v) is 3.49. The van der Waals surface area contributed by atoms with Gasteiger partial charge in [-0.3, -0.25) is 4.90 Å². The molecule has 1 saturated heterocycles. The summed E-state index contributed by atoms with van der Waals surface area (Å²) in [6.45, 7) is 0.839. The maximum Gasteiger partial charge on any atom is 0.408 e. The van der Waals surface area contributed by atoms with Crippen LogP contribution < -0.4 is 4.90 Å². The van der Waals surface area contributed by atoms with Crippen LogP contribution in [0.3, 0.4) is 0 Å². The van der Waals surface area contributed by atoms with E-state index in [0.29, 0.717) is 5.15 Å². The van der Waals surface area contributed by atoms with Crippen molar-refractivity contribution in [3.05, 3.63) is 23.5 Å². The van der Waals surface area contributed by atoms with E-state index in [4.69, 9.17) is 16.7 Å². The van der Waals surface area contributed by atoms with Crippen LogP contribution in [0.25, 0.3) is 0 Å². The molecule has 2 heterocycles. The van der Waals surface area contributed by atoms with Crippen LogP contribution in [-0.2, 0) is 0 Å². The molecule has 2 rings (SSSR count). The summed E-state index contributed by atoms with van der Waals surface area (Å²) in [6.07, 6.45) is 3.60. The average molecular weight is 270 g/mol. The Hall–Kier alpha value is -1.49. The lowest BCUT2D eigenvalue weighted by molar-refractivity contribution is 0.129. The van der Waals surface area contributed by atoms with Crippen LogP contribution in [-0.4, -0.2) is 40.8 Å². The molecule has 0 spiro atoms. The normalized spacial score (nSPS) is 19.7. The van der Waals surface area contributed by atoms with Crippen molar-refractivity contribution in [1.82, 2.24) is 9.88 Å².